The van der Waals surface area contributed by atoms with Gasteiger partial charge in [0.15, 0.2) is 6.61 Å². The van der Waals surface area contributed by atoms with Crippen LogP contribution in [0.15, 0.2) is 48.5 Å². The number of esters is 1. The molecule has 0 aliphatic carbocycles. The molecule has 0 aromatic heterocycles. The summed E-state index contributed by atoms with van der Waals surface area (Å²) in [6.07, 6.45) is 5.04. The van der Waals surface area contributed by atoms with E-state index in [2.05, 4.69) is 10.2 Å². The summed E-state index contributed by atoms with van der Waals surface area (Å²) in [6, 6.07) is 14.6. The van der Waals surface area contributed by atoms with Crippen LogP contribution in [0, 0.1) is 0 Å². The highest BCUT2D eigenvalue weighted by molar-refractivity contribution is 5.94. The second-order valence-corrected chi connectivity index (χ2v) is 6.77. The summed E-state index contributed by atoms with van der Waals surface area (Å²) >= 11 is 0. The molecule has 1 heterocycles. The molecule has 6 heteroatoms. The number of ether oxygens (including phenoxy) is 2. The smallest absolute Gasteiger partial charge is 0.341 e. The molecule has 2 aromatic rings. The third-order valence-electron chi connectivity index (χ3n) is 4.77. The molecule has 1 amide bonds. The fourth-order valence-electron chi connectivity index (χ4n) is 3.30. The lowest BCUT2D eigenvalue weighted by Gasteiger charge is -2.22. The molecule has 1 saturated heterocycles. The Labute approximate surface area is 165 Å². The minimum atomic E-state index is -0.500. The summed E-state index contributed by atoms with van der Waals surface area (Å²) < 4.78 is 10.2. The Kier molecular flexibility index (Phi) is 6.89. The maximum atomic E-state index is 12.2. The van der Waals surface area contributed by atoms with Crippen molar-refractivity contribution in [3.63, 3.8) is 0 Å². The predicted octanol–water partition coefficient (Wildman–Crippen LogP) is 3.87. The number of hydrogen-bond donors (Lipinski definition) is 1. The van der Waals surface area contributed by atoms with E-state index in [0.29, 0.717) is 17.0 Å². The lowest BCUT2D eigenvalue weighted by Crippen LogP contribution is -2.24. The molecule has 1 N–H and O–H groups in total. The highest BCUT2D eigenvalue weighted by Crippen LogP contribution is 2.22. The first-order valence-electron chi connectivity index (χ1n) is 9.62. The summed E-state index contributed by atoms with van der Waals surface area (Å²) in [5.41, 5.74) is 2.19. The Morgan fingerprint density at radius 1 is 0.964 bits per heavy atom. The number of anilines is 2. The van der Waals surface area contributed by atoms with Gasteiger partial charge in [0.1, 0.15) is 11.3 Å². The van der Waals surface area contributed by atoms with Crippen molar-refractivity contribution >= 4 is 23.3 Å². The normalized spacial score (nSPS) is 14.1. The number of carbonyl (C=O) groups is 2. The molecule has 0 atom stereocenters. The molecule has 1 fully saturated rings. The van der Waals surface area contributed by atoms with Crippen molar-refractivity contribution in [1.29, 1.82) is 0 Å². The number of benzene rings is 2. The van der Waals surface area contributed by atoms with E-state index in [1.165, 1.54) is 38.5 Å². The molecule has 3 rings (SSSR count). The number of nitrogens with one attached hydrogen (secondary N) is 1. The highest BCUT2D eigenvalue weighted by atomic mass is 16.5. The van der Waals surface area contributed by atoms with Crippen LogP contribution in [0.2, 0.25) is 0 Å². The van der Waals surface area contributed by atoms with Gasteiger partial charge in [-0.15, -0.1) is 0 Å². The number of amides is 1. The lowest BCUT2D eigenvalue weighted by molar-refractivity contribution is -0.118. The van der Waals surface area contributed by atoms with Crippen LogP contribution in [0.4, 0.5) is 11.4 Å². The average Bonchev–Trinajstić information content (AvgIpc) is 3.02. The van der Waals surface area contributed by atoms with Crippen molar-refractivity contribution in [1.82, 2.24) is 0 Å². The van der Waals surface area contributed by atoms with Gasteiger partial charge in [0, 0.05) is 24.5 Å². The number of methoxy groups -OCH3 is 1. The molecule has 0 saturated carbocycles. The fraction of sp³-hybridized carbons (Fsp3) is 0.364. The van der Waals surface area contributed by atoms with Crippen molar-refractivity contribution in [2.45, 2.75) is 25.7 Å². The van der Waals surface area contributed by atoms with Crippen LogP contribution in [-0.2, 0) is 9.53 Å². The Bertz CT molecular complexity index is 796. The van der Waals surface area contributed by atoms with Gasteiger partial charge in [-0.25, -0.2) is 4.79 Å². The molecule has 0 bridgehead atoms. The first kappa shape index (κ1) is 19.7. The molecule has 28 heavy (non-hydrogen) atoms. The summed E-state index contributed by atoms with van der Waals surface area (Å²) in [7, 11) is 1.31. The third kappa shape index (κ3) is 5.25. The van der Waals surface area contributed by atoms with Gasteiger partial charge in [-0.3, -0.25) is 4.79 Å². The largest absolute Gasteiger partial charge is 0.483 e. The molecule has 1 aliphatic heterocycles. The van der Waals surface area contributed by atoms with Crippen LogP contribution in [0.1, 0.15) is 36.0 Å². The second kappa shape index (κ2) is 9.78. The molecule has 148 valence electrons. The third-order valence-corrected chi connectivity index (χ3v) is 4.77. The molecule has 2 aromatic carbocycles. The zero-order valence-corrected chi connectivity index (χ0v) is 16.1. The second-order valence-electron chi connectivity index (χ2n) is 6.77. The number of carbonyl (C=O) groups excluding carboxylic acids is 2. The van der Waals surface area contributed by atoms with Crippen LogP contribution in [0.5, 0.6) is 5.75 Å². The first-order chi connectivity index (χ1) is 13.7. The lowest BCUT2D eigenvalue weighted by atomic mass is 10.2. The summed E-state index contributed by atoms with van der Waals surface area (Å²) in [5, 5.41) is 2.82. The molecular formula is C22H26N2O4. The number of rotatable bonds is 6. The van der Waals surface area contributed by atoms with Crippen LogP contribution in [0.25, 0.3) is 0 Å². The van der Waals surface area contributed by atoms with Gasteiger partial charge in [0.2, 0.25) is 0 Å². The maximum absolute atomic E-state index is 12.2. The zero-order valence-electron chi connectivity index (χ0n) is 16.1. The van der Waals surface area contributed by atoms with Gasteiger partial charge in [-0.1, -0.05) is 25.0 Å². The maximum Gasteiger partial charge on any atom is 0.341 e. The standard InChI is InChI=1S/C22H26N2O4/c1-27-22(26)19-8-4-5-9-20(19)28-16-21(25)23-17-10-12-18(13-11-17)24-14-6-2-3-7-15-24/h4-5,8-13H,2-3,6-7,14-16H2,1H3,(H,23,25). The van der Waals surface area contributed by atoms with Crippen molar-refractivity contribution in [2.24, 2.45) is 0 Å². The van der Waals surface area contributed by atoms with E-state index in [1.54, 1.807) is 24.3 Å². The minimum absolute atomic E-state index is 0.193. The fourth-order valence-corrected chi connectivity index (χ4v) is 3.30. The first-order valence-corrected chi connectivity index (χ1v) is 9.62. The average molecular weight is 382 g/mol. The van der Waals surface area contributed by atoms with Crippen molar-refractivity contribution in [3.8, 4) is 5.75 Å². The van der Waals surface area contributed by atoms with Gasteiger partial charge in [0.25, 0.3) is 5.91 Å². The SMILES string of the molecule is COC(=O)c1ccccc1OCC(=O)Nc1ccc(N2CCCCCC2)cc1. The van der Waals surface area contributed by atoms with Crippen molar-refractivity contribution in [2.75, 3.05) is 37.0 Å². The van der Waals surface area contributed by atoms with Crippen LogP contribution in [0.3, 0.4) is 0 Å². The summed E-state index contributed by atoms with van der Waals surface area (Å²) in [6.45, 7) is 1.97. The van der Waals surface area contributed by atoms with Crippen LogP contribution >= 0.6 is 0 Å². The molecule has 0 radical (unpaired) electrons. The Hall–Kier alpha value is -3.02. The van der Waals surface area contributed by atoms with Gasteiger partial charge in [0.05, 0.1) is 7.11 Å². The topological polar surface area (TPSA) is 67.9 Å². The molecular weight excluding hydrogens is 356 g/mol. The van der Waals surface area contributed by atoms with Crippen molar-refractivity contribution in [3.05, 3.63) is 54.1 Å². The van der Waals surface area contributed by atoms with Gasteiger partial charge < -0.3 is 19.7 Å². The Morgan fingerprint density at radius 2 is 1.64 bits per heavy atom. The van der Waals surface area contributed by atoms with E-state index < -0.39 is 5.97 Å². The Morgan fingerprint density at radius 3 is 2.32 bits per heavy atom. The van der Waals surface area contributed by atoms with Gasteiger partial charge >= 0.3 is 5.97 Å². The molecule has 1 aliphatic rings. The van der Waals surface area contributed by atoms with Crippen molar-refractivity contribution < 1.29 is 19.1 Å². The molecule has 6 nitrogen and oxygen atoms in total. The monoisotopic (exact) mass is 382 g/mol. The van der Waals surface area contributed by atoms with Gasteiger partial charge in [-0.2, -0.15) is 0 Å². The quantitative estimate of drug-likeness (QED) is 0.768. The number of nitrogens with zero attached hydrogens (tertiary/aromatic N) is 1. The van der Waals surface area contributed by atoms with E-state index in [0.717, 1.165) is 13.1 Å². The minimum Gasteiger partial charge on any atom is -0.483 e. The molecule has 0 unspecified atom stereocenters. The van der Waals surface area contributed by atoms with Crippen LogP contribution in [-0.4, -0.2) is 38.7 Å². The predicted molar refractivity (Wildman–Crippen MR) is 109 cm³/mol. The summed E-state index contributed by atoms with van der Waals surface area (Å²) in [4.78, 5) is 26.3. The van der Waals surface area contributed by atoms with E-state index in [1.807, 2.05) is 24.3 Å². The number of para-hydroxylation sites is 1. The highest BCUT2D eigenvalue weighted by Gasteiger charge is 2.14. The Balaban J connectivity index is 1.54. The van der Waals surface area contributed by atoms with E-state index >= 15 is 0 Å². The number of hydrogen-bond acceptors (Lipinski definition) is 5. The van der Waals surface area contributed by atoms with Gasteiger partial charge in [-0.05, 0) is 49.2 Å². The van der Waals surface area contributed by atoms with E-state index in [-0.39, 0.29) is 12.5 Å². The van der Waals surface area contributed by atoms with E-state index in [9.17, 15) is 9.59 Å². The molecule has 0 spiro atoms. The van der Waals surface area contributed by atoms with E-state index in [4.69, 9.17) is 9.47 Å². The summed E-state index contributed by atoms with van der Waals surface area (Å²) in [5.74, 6) is -0.469. The van der Waals surface area contributed by atoms with Crippen LogP contribution < -0.4 is 15.0 Å². The zero-order chi connectivity index (χ0) is 19.8.